The van der Waals surface area contributed by atoms with Crippen molar-refractivity contribution in [3.05, 3.63) is 27.5 Å². The maximum absolute atomic E-state index is 4.60. The Morgan fingerprint density at radius 3 is 2.24 bits per heavy atom. The number of rotatable bonds is 5. The molecule has 1 atom stereocenters. The van der Waals surface area contributed by atoms with Crippen LogP contribution in [0.5, 0.6) is 0 Å². The van der Waals surface area contributed by atoms with Crippen molar-refractivity contribution in [2.75, 3.05) is 17.7 Å². The number of aromatic nitrogens is 3. The van der Waals surface area contributed by atoms with E-state index in [0.29, 0.717) is 5.92 Å². The predicted molar refractivity (Wildman–Crippen MR) is 89.3 cm³/mol. The van der Waals surface area contributed by atoms with Crippen LogP contribution in [0.15, 0.2) is 6.07 Å². The minimum Gasteiger partial charge on any atom is -0.373 e. The molecular formula is C15H23N5S. The van der Waals surface area contributed by atoms with E-state index >= 15 is 0 Å². The largest absolute Gasteiger partial charge is 0.373 e. The number of hydrogen-bond donors (Lipinski definition) is 2. The molecule has 0 bridgehead atoms. The van der Waals surface area contributed by atoms with Gasteiger partial charge in [0.15, 0.2) is 0 Å². The summed E-state index contributed by atoms with van der Waals surface area (Å²) in [4.78, 5) is 14.8. The Morgan fingerprint density at radius 1 is 1.05 bits per heavy atom. The van der Waals surface area contributed by atoms with Gasteiger partial charge in [0.1, 0.15) is 17.5 Å². The van der Waals surface area contributed by atoms with Gasteiger partial charge in [-0.25, -0.2) is 15.0 Å². The van der Waals surface area contributed by atoms with Crippen molar-refractivity contribution in [2.24, 2.45) is 0 Å². The van der Waals surface area contributed by atoms with Gasteiger partial charge in [-0.3, -0.25) is 0 Å². The van der Waals surface area contributed by atoms with Crippen molar-refractivity contribution in [1.29, 1.82) is 0 Å². The van der Waals surface area contributed by atoms with Gasteiger partial charge in [0.2, 0.25) is 0 Å². The Morgan fingerprint density at radius 2 is 1.71 bits per heavy atom. The van der Waals surface area contributed by atoms with Crippen molar-refractivity contribution >= 4 is 23.0 Å². The summed E-state index contributed by atoms with van der Waals surface area (Å²) in [6.45, 7) is 10.4. The summed E-state index contributed by atoms with van der Waals surface area (Å²) >= 11 is 1.73. The highest BCUT2D eigenvalue weighted by atomic mass is 32.1. The minimum absolute atomic E-state index is 0.177. The summed E-state index contributed by atoms with van der Waals surface area (Å²) in [7, 11) is 1.87. The number of nitrogens with zero attached hydrogens (tertiary/aromatic N) is 3. The van der Waals surface area contributed by atoms with Gasteiger partial charge in [0.05, 0.1) is 16.7 Å². The summed E-state index contributed by atoms with van der Waals surface area (Å²) < 4.78 is 0. The molecule has 0 aromatic carbocycles. The predicted octanol–water partition coefficient (Wildman–Crippen LogP) is 3.89. The highest BCUT2D eigenvalue weighted by molar-refractivity contribution is 7.11. The zero-order valence-electron chi connectivity index (χ0n) is 13.5. The molecule has 2 heterocycles. The summed E-state index contributed by atoms with van der Waals surface area (Å²) in [5.74, 6) is 2.81. The number of hydrogen-bond acceptors (Lipinski definition) is 6. The molecule has 0 aliphatic rings. The van der Waals surface area contributed by atoms with E-state index in [1.807, 2.05) is 20.0 Å². The SMILES string of the molecule is CNc1cc(NC(C)c2sc(C)nc2C)nc(C(C)C)n1. The molecule has 6 heteroatoms. The molecule has 2 rings (SSSR count). The van der Waals surface area contributed by atoms with Gasteiger partial charge >= 0.3 is 0 Å². The number of nitrogens with one attached hydrogen (secondary N) is 2. The molecule has 0 amide bonds. The van der Waals surface area contributed by atoms with Crippen molar-refractivity contribution in [3.63, 3.8) is 0 Å². The highest BCUT2D eigenvalue weighted by Crippen LogP contribution is 2.28. The minimum atomic E-state index is 0.177. The second-order valence-electron chi connectivity index (χ2n) is 5.45. The van der Waals surface area contributed by atoms with Gasteiger partial charge in [-0.15, -0.1) is 11.3 Å². The first-order valence-electron chi connectivity index (χ1n) is 7.18. The lowest BCUT2D eigenvalue weighted by Gasteiger charge is -2.16. The second kappa shape index (κ2) is 6.39. The molecule has 0 aliphatic heterocycles. The quantitative estimate of drug-likeness (QED) is 0.877. The van der Waals surface area contributed by atoms with E-state index in [1.54, 1.807) is 11.3 Å². The first-order valence-corrected chi connectivity index (χ1v) is 7.99. The molecule has 0 radical (unpaired) electrons. The Balaban J connectivity index is 2.26. The molecule has 2 aromatic rings. The summed E-state index contributed by atoms with van der Waals surface area (Å²) in [5, 5.41) is 7.65. The lowest BCUT2D eigenvalue weighted by molar-refractivity contribution is 0.770. The van der Waals surface area contributed by atoms with Crippen molar-refractivity contribution in [2.45, 2.75) is 46.6 Å². The van der Waals surface area contributed by atoms with Gasteiger partial charge in [-0.1, -0.05) is 13.8 Å². The topological polar surface area (TPSA) is 62.7 Å². The maximum atomic E-state index is 4.60. The number of thiazole rings is 1. The summed E-state index contributed by atoms with van der Waals surface area (Å²) in [5.41, 5.74) is 1.09. The Kier molecular flexibility index (Phi) is 4.77. The van der Waals surface area contributed by atoms with Gasteiger partial charge < -0.3 is 10.6 Å². The Hall–Kier alpha value is -1.69. The van der Waals surface area contributed by atoms with Crippen LogP contribution in [-0.4, -0.2) is 22.0 Å². The molecule has 0 fully saturated rings. The molecule has 0 saturated carbocycles. The maximum Gasteiger partial charge on any atom is 0.135 e. The molecule has 2 aromatic heterocycles. The third-order valence-electron chi connectivity index (χ3n) is 3.21. The molecule has 114 valence electrons. The van der Waals surface area contributed by atoms with Crippen molar-refractivity contribution in [3.8, 4) is 0 Å². The third kappa shape index (κ3) is 3.69. The first-order chi connectivity index (χ1) is 9.90. The van der Waals surface area contributed by atoms with Gasteiger partial charge in [-0.05, 0) is 20.8 Å². The average molecular weight is 305 g/mol. The summed E-state index contributed by atoms with van der Waals surface area (Å²) in [6.07, 6.45) is 0. The Bertz CT molecular complexity index is 621. The fraction of sp³-hybridized carbons (Fsp3) is 0.533. The van der Waals surface area contributed by atoms with Gasteiger partial charge in [0.25, 0.3) is 0 Å². The molecular weight excluding hydrogens is 282 g/mol. The molecule has 0 saturated heterocycles. The van der Waals surface area contributed by atoms with Crippen LogP contribution in [0.2, 0.25) is 0 Å². The molecule has 0 aliphatic carbocycles. The summed E-state index contributed by atoms with van der Waals surface area (Å²) in [6, 6.07) is 2.11. The normalized spacial score (nSPS) is 12.5. The van der Waals surface area contributed by atoms with E-state index in [4.69, 9.17) is 0 Å². The van der Waals surface area contributed by atoms with E-state index in [2.05, 4.69) is 53.3 Å². The van der Waals surface area contributed by atoms with Gasteiger partial charge in [0, 0.05) is 23.9 Å². The van der Waals surface area contributed by atoms with Gasteiger partial charge in [-0.2, -0.15) is 0 Å². The van der Waals surface area contributed by atoms with E-state index in [0.717, 1.165) is 28.2 Å². The van der Waals surface area contributed by atoms with Crippen molar-refractivity contribution < 1.29 is 0 Å². The van der Waals surface area contributed by atoms with Crippen LogP contribution in [0.3, 0.4) is 0 Å². The van der Waals surface area contributed by atoms with E-state index < -0.39 is 0 Å². The smallest absolute Gasteiger partial charge is 0.135 e. The van der Waals surface area contributed by atoms with Crippen LogP contribution in [0, 0.1) is 13.8 Å². The zero-order chi connectivity index (χ0) is 15.6. The number of anilines is 2. The monoisotopic (exact) mass is 305 g/mol. The lowest BCUT2D eigenvalue weighted by atomic mass is 10.2. The fourth-order valence-corrected chi connectivity index (χ4v) is 3.09. The first kappa shape index (κ1) is 15.7. The van der Waals surface area contributed by atoms with Crippen LogP contribution >= 0.6 is 11.3 Å². The van der Waals surface area contributed by atoms with Crippen LogP contribution in [0.25, 0.3) is 0 Å². The van der Waals surface area contributed by atoms with Crippen molar-refractivity contribution in [1.82, 2.24) is 15.0 Å². The zero-order valence-corrected chi connectivity index (χ0v) is 14.3. The van der Waals surface area contributed by atoms with E-state index in [-0.39, 0.29) is 6.04 Å². The third-order valence-corrected chi connectivity index (χ3v) is 4.47. The second-order valence-corrected chi connectivity index (χ2v) is 6.68. The van der Waals surface area contributed by atoms with Crippen LogP contribution in [0.4, 0.5) is 11.6 Å². The standard InChI is InChI=1S/C15H23N5S/c1-8(2)15-19-12(16-6)7-13(20-15)18-10(4)14-9(3)17-11(5)21-14/h7-8,10H,1-6H3,(H2,16,18,19,20). The van der Waals surface area contributed by atoms with Crippen LogP contribution < -0.4 is 10.6 Å². The molecule has 1 unspecified atom stereocenters. The molecule has 2 N–H and O–H groups in total. The van der Waals surface area contributed by atoms with E-state index in [9.17, 15) is 0 Å². The average Bonchev–Trinajstić information content (AvgIpc) is 2.77. The Labute approximate surface area is 130 Å². The molecule has 5 nitrogen and oxygen atoms in total. The number of aryl methyl sites for hydroxylation is 2. The van der Waals surface area contributed by atoms with Crippen LogP contribution in [0.1, 0.15) is 54.1 Å². The lowest BCUT2D eigenvalue weighted by Crippen LogP contribution is -2.11. The highest BCUT2D eigenvalue weighted by Gasteiger charge is 2.15. The molecule has 21 heavy (non-hydrogen) atoms. The fourth-order valence-electron chi connectivity index (χ4n) is 2.16. The van der Waals surface area contributed by atoms with E-state index in [1.165, 1.54) is 4.88 Å². The molecule has 0 spiro atoms. The van der Waals surface area contributed by atoms with Crippen LogP contribution in [-0.2, 0) is 0 Å².